The molecule has 0 spiro atoms. The maximum Gasteiger partial charge on any atom is 0.417 e. The zero-order valence-electron chi connectivity index (χ0n) is 20.5. The zero-order valence-corrected chi connectivity index (χ0v) is 21.2. The molecule has 12 heteroatoms. The van der Waals surface area contributed by atoms with Crippen molar-refractivity contribution in [3.63, 3.8) is 0 Å². The summed E-state index contributed by atoms with van der Waals surface area (Å²) in [5.74, 6) is -3.61. The molecule has 1 aromatic rings. The number of rotatable bonds is 3. The Kier molecular flexibility index (Phi) is 8.32. The molecule has 2 amide bonds. The molecule has 2 aliphatic rings. The van der Waals surface area contributed by atoms with Crippen LogP contribution in [0, 0.1) is 0 Å². The minimum Gasteiger partial charge on any atom is -0.444 e. The Morgan fingerprint density at radius 2 is 1.78 bits per heavy atom. The minimum absolute atomic E-state index is 0.0610. The van der Waals surface area contributed by atoms with Crippen LogP contribution >= 0.6 is 11.6 Å². The summed E-state index contributed by atoms with van der Waals surface area (Å²) in [7, 11) is 0. The van der Waals surface area contributed by atoms with E-state index in [1.54, 1.807) is 20.8 Å². The summed E-state index contributed by atoms with van der Waals surface area (Å²) in [5, 5.41) is 2.12. The van der Waals surface area contributed by atoms with Crippen LogP contribution in [-0.4, -0.2) is 60.6 Å². The molecule has 3 rings (SSSR count). The summed E-state index contributed by atoms with van der Waals surface area (Å²) in [6.07, 6.45) is -5.03. The lowest BCUT2D eigenvalue weighted by Crippen LogP contribution is -2.50. The van der Waals surface area contributed by atoms with Gasteiger partial charge in [-0.2, -0.15) is 13.2 Å². The predicted molar refractivity (Wildman–Crippen MR) is 126 cm³/mol. The number of ether oxygens (including phenoxy) is 1. The average Bonchev–Trinajstić information content (AvgIpc) is 2.92. The highest BCUT2D eigenvalue weighted by Gasteiger charge is 2.38. The third-order valence-corrected chi connectivity index (χ3v) is 6.42. The summed E-state index contributed by atoms with van der Waals surface area (Å²) in [6.45, 7) is 5.70. The van der Waals surface area contributed by atoms with Gasteiger partial charge in [-0.15, -0.1) is 0 Å². The lowest BCUT2D eigenvalue weighted by atomic mass is 10.0. The van der Waals surface area contributed by atoms with E-state index < -0.39 is 52.7 Å². The number of hydrogen-bond acceptors (Lipinski definition) is 4. The molecule has 2 saturated heterocycles. The van der Waals surface area contributed by atoms with Gasteiger partial charge in [0.2, 0.25) is 5.92 Å². The van der Waals surface area contributed by atoms with Crippen molar-refractivity contribution in [3.05, 3.63) is 28.3 Å². The van der Waals surface area contributed by atoms with Gasteiger partial charge >= 0.3 is 12.3 Å². The molecule has 1 atom stereocenters. The number of anilines is 1. The highest BCUT2D eigenvalue weighted by Crippen LogP contribution is 2.40. The summed E-state index contributed by atoms with van der Waals surface area (Å²) in [6, 6.07) is 1.22. The molecule has 1 N–H and O–H groups in total. The van der Waals surface area contributed by atoms with Crippen molar-refractivity contribution in [1.82, 2.24) is 10.2 Å². The zero-order chi connectivity index (χ0) is 26.9. The number of alkyl halides is 5. The first-order chi connectivity index (χ1) is 16.6. The van der Waals surface area contributed by atoms with E-state index in [1.165, 1.54) is 9.80 Å². The van der Waals surface area contributed by atoms with E-state index in [-0.39, 0.29) is 43.7 Å². The van der Waals surface area contributed by atoms with Gasteiger partial charge in [0.15, 0.2) is 0 Å². The Labute approximate surface area is 212 Å². The van der Waals surface area contributed by atoms with Crippen LogP contribution in [0.1, 0.15) is 68.8 Å². The van der Waals surface area contributed by atoms with E-state index in [0.717, 1.165) is 12.1 Å². The molecule has 36 heavy (non-hydrogen) atoms. The number of likely N-dealkylation sites (tertiary alicyclic amines) is 1. The van der Waals surface area contributed by atoms with Crippen LogP contribution in [0.2, 0.25) is 5.02 Å². The fourth-order valence-corrected chi connectivity index (χ4v) is 4.65. The summed E-state index contributed by atoms with van der Waals surface area (Å²) < 4.78 is 73.9. The van der Waals surface area contributed by atoms with Crippen molar-refractivity contribution in [3.8, 4) is 0 Å². The van der Waals surface area contributed by atoms with Crippen LogP contribution in [0.15, 0.2) is 12.1 Å². The smallest absolute Gasteiger partial charge is 0.417 e. The first-order valence-electron chi connectivity index (χ1n) is 11.9. The van der Waals surface area contributed by atoms with Crippen molar-refractivity contribution in [1.29, 1.82) is 0 Å². The number of amides is 2. The molecule has 2 fully saturated rings. The molecule has 0 aliphatic carbocycles. The number of halogens is 6. The Morgan fingerprint density at radius 1 is 1.08 bits per heavy atom. The average molecular weight is 540 g/mol. The van der Waals surface area contributed by atoms with Crippen molar-refractivity contribution in [2.75, 3.05) is 31.1 Å². The molecular formula is C24H31ClF5N3O3. The number of benzene rings is 1. The van der Waals surface area contributed by atoms with Gasteiger partial charge in [-0.05, 0) is 52.2 Å². The molecule has 1 aromatic carbocycles. The maximum atomic E-state index is 13.9. The van der Waals surface area contributed by atoms with Gasteiger partial charge in [0.25, 0.3) is 5.91 Å². The number of nitrogens with one attached hydrogen (secondary N) is 1. The largest absolute Gasteiger partial charge is 0.444 e. The van der Waals surface area contributed by atoms with Crippen molar-refractivity contribution in [2.24, 2.45) is 0 Å². The van der Waals surface area contributed by atoms with E-state index in [1.807, 2.05) is 0 Å². The molecule has 0 bridgehead atoms. The molecule has 2 heterocycles. The number of carbonyl (C=O) groups excluding carboxylic acids is 2. The standard InChI is InChI=1S/C24H31ClF5N3O3/c1-22(2,3)36-21(35)33-9-4-6-15(14-33)31-20(34)16-12-18(25)17(24(28,29)30)13-19(16)32-10-5-7-23(26,27)8-11-32/h12-13,15H,4-11,14H2,1-3H3,(H,31,34). The molecule has 2 aliphatic heterocycles. The van der Waals surface area contributed by atoms with Crippen molar-refractivity contribution < 1.29 is 36.3 Å². The summed E-state index contributed by atoms with van der Waals surface area (Å²) >= 11 is 5.91. The Balaban J connectivity index is 1.85. The van der Waals surface area contributed by atoms with Gasteiger partial charge in [-0.1, -0.05) is 11.6 Å². The highest BCUT2D eigenvalue weighted by atomic mass is 35.5. The lowest BCUT2D eigenvalue weighted by Gasteiger charge is -2.34. The number of hydrogen-bond donors (Lipinski definition) is 1. The van der Waals surface area contributed by atoms with Crippen molar-refractivity contribution in [2.45, 2.75) is 76.6 Å². The second kappa shape index (κ2) is 10.6. The van der Waals surface area contributed by atoms with E-state index >= 15 is 0 Å². The first kappa shape index (κ1) is 28.3. The quantitative estimate of drug-likeness (QED) is 0.471. The third-order valence-electron chi connectivity index (χ3n) is 6.10. The minimum atomic E-state index is -4.78. The van der Waals surface area contributed by atoms with Gasteiger partial charge in [0, 0.05) is 45.1 Å². The topological polar surface area (TPSA) is 61.9 Å². The normalized spacial score (nSPS) is 21.1. The number of nitrogens with zero attached hydrogens (tertiary/aromatic N) is 2. The first-order valence-corrected chi connectivity index (χ1v) is 12.3. The summed E-state index contributed by atoms with van der Waals surface area (Å²) in [5.41, 5.74) is -2.06. The third kappa shape index (κ3) is 7.36. The predicted octanol–water partition coefficient (Wildman–Crippen LogP) is 6.11. The van der Waals surface area contributed by atoms with E-state index in [9.17, 15) is 31.5 Å². The van der Waals surface area contributed by atoms with Crippen LogP contribution in [0.4, 0.5) is 32.4 Å². The highest BCUT2D eigenvalue weighted by molar-refractivity contribution is 6.32. The second-order valence-electron chi connectivity index (χ2n) is 10.3. The molecule has 202 valence electrons. The molecule has 1 unspecified atom stereocenters. The van der Waals surface area contributed by atoms with Gasteiger partial charge < -0.3 is 19.9 Å². The molecule has 6 nitrogen and oxygen atoms in total. The van der Waals surface area contributed by atoms with Crippen LogP contribution in [0.25, 0.3) is 0 Å². The fraction of sp³-hybridized carbons (Fsp3) is 0.667. The Morgan fingerprint density at radius 3 is 2.42 bits per heavy atom. The van der Waals surface area contributed by atoms with Crippen LogP contribution in [0.5, 0.6) is 0 Å². The lowest BCUT2D eigenvalue weighted by molar-refractivity contribution is -0.137. The van der Waals surface area contributed by atoms with E-state index in [4.69, 9.17) is 16.3 Å². The van der Waals surface area contributed by atoms with Gasteiger partial charge in [0.1, 0.15) is 5.60 Å². The summed E-state index contributed by atoms with van der Waals surface area (Å²) in [4.78, 5) is 28.5. The van der Waals surface area contributed by atoms with Crippen LogP contribution < -0.4 is 10.2 Å². The van der Waals surface area contributed by atoms with E-state index in [0.29, 0.717) is 19.4 Å². The number of piperidine rings is 1. The van der Waals surface area contributed by atoms with Crippen LogP contribution in [0.3, 0.4) is 0 Å². The molecule has 0 aromatic heterocycles. The van der Waals surface area contributed by atoms with Crippen LogP contribution in [-0.2, 0) is 10.9 Å². The molecule has 0 radical (unpaired) electrons. The fourth-order valence-electron chi connectivity index (χ4n) is 4.38. The van der Waals surface area contributed by atoms with E-state index in [2.05, 4.69) is 5.32 Å². The SMILES string of the molecule is CC(C)(C)OC(=O)N1CCCC(NC(=O)c2cc(Cl)c(C(F)(F)F)cc2N2CCCC(F)(F)CC2)C1. The molecule has 0 saturated carbocycles. The number of carbonyl (C=O) groups is 2. The second-order valence-corrected chi connectivity index (χ2v) is 10.7. The molecular weight excluding hydrogens is 509 g/mol. The maximum absolute atomic E-state index is 13.9. The Hall–Kier alpha value is -2.30. The monoisotopic (exact) mass is 539 g/mol. The van der Waals surface area contributed by atoms with Gasteiger partial charge in [-0.25, -0.2) is 13.6 Å². The van der Waals surface area contributed by atoms with Gasteiger partial charge in [0.05, 0.1) is 21.8 Å². The Bertz CT molecular complexity index is 981. The van der Waals surface area contributed by atoms with Crippen molar-refractivity contribution >= 4 is 29.3 Å². The van der Waals surface area contributed by atoms with Gasteiger partial charge in [-0.3, -0.25) is 4.79 Å².